The van der Waals surface area contributed by atoms with Crippen molar-refractivity contribution in [2.24, 2.45) is 5.73 Å². The van der Waals surface area contributed by atoms with E-state index >= 15 is 0 Å². The molecule has 0 heterocycles. The lowest BCUT2D eigenvalue weighted by atomic mass is 10.1. The van der Waals surface area contributed by atoms with E-state index in [1.807, 2.05) is 0 Å². The van der Waals surface area contributed by atoms with E-state index in [9.17, 15) is 14.0 Å². The molecule has 4 N–H and O–H groups in total. The van der Waals surface area contributed by atoms with Gasteiger partial charge in [-0.25, -0.2) is 9.18 Å². The van der Waals surface area contributed by atoms with Gasteiger partial charge in [0.15, 0.2) is 0 Å². The quantitative estimate of drug-likeness (QED) is 0.633. The minimum Gasteiger partial charge on any atom is -0.352 e. The van der Waals surface area contributed by atoms with E-state index in [-0.39, 0.29) is 11.7 Å². The van der Waals surface area contributed by atoms with E-state index in [4.69, 9.17) is 5.73 Å². The van der Waals surface area contributed by atoms with Crippen molar-refractivity contribution in [3.05, 3.63) is 35.6 Å². The molecular formula is C14H20FN3O2. The Morgan fingerprint density at radius 3 is 2.40 bits per heavy atom. The summed E-state index contributed by atoms with van der Waals surface area (Å²) in [5.41, 5.74) is 5.79. The molecule has 0 aliphatic carbocycles. The number of nitrogens with two attached hydrogens (primary N) is 1. The summed E-state index contributed by atoms with van der Waals surface area (Å²) < 4.78 is 12.7. The van der Waals surface area contributed by atoms with Gasteiger partial charge in [-0.2, -0.15) is 0 Å². The van der Waals surface area contributed by atoms with E-state index < -0.39 is 6.03 Å². The van der Waals surface area contributed by atoms with Crippen molar-refractivity contribution in [2.45, 2.75) is 32.2 Å². The van der Waals surface area contributed by atoms with E-state index in [2.05, 4.69) is 10.6 Å². The lowest BCUT2D eigenvalue weighted by Gasteiger charge is -2.05. The number of urea groups is 1. The third kappa shape index (κ3) is 7.35. The summed E-state index contributed by atoms with van der Waals surface area (Å²) in [5, 5.41) is 5.27. The van der Waals surface area contributed by atoms with Gasteiger partial charge in [0.1, 0.15) is 5.82 Å². The Kier molecular flexibility index (Phi) is 7.10. The molecule has 0 aliphatic rings. The van der Waals surface area contributed by atoms with Gasteiger partial charge in [-0.15, -0.1) is 0 Å². The molecule has 0 radical (unpaired) electrons. The van der Waals surface area contributed by atoms with Crippen molar-refractivity contribution >= 4 is 11.9 Å². The molecule has 0 fully saturated rings. The molecule has 0 saturated heterocycles. The van der Waals surface area contributed by atoms with Crippen LogP contribution in [0.2, 0.25) is 0 Å². The van der Waals surface area contributed by atoms with Crippen LogP contribution in [0.4, 0.5) is 9.18 Å². The SMILES string of the molecule is NC(=O)NCCCCCC(=O)NCc1ccc(F)cc1. The van der Waals surface area contributed by atoms with Crippen LogP contribution in [0.25, 0.3) is 0 Å². The van der Waals surface area contributed by atoms with Crippen LogP contribution < -0.4 is 16.4 Å². The highest BCUT2D eigenvalue weighted by molar-refractivity contribution is 5.75. The van der Waals surface area contributed by atoms with Crippen LogP contribution in [0.15, 0.2) is 24.3 Å². The third-order valence-electron chi connectivity index (χ3n) is 2.78. The maximum absolute atomic E-state index is 12.7. The Morgan fingerprint density at radius 2 is 1.75 bits per heavy atom. The average Bonchev–Trinajstić information content (AvgIpc) is 2.41. The molecule has 20 heavy (non-hydrogen) atoms. The summed E-state index contributed by atoms with van der Waals surface area (Å²) in [6.45, 7) is 0.939. The molecule has 0 spiro atoms. The largest absolute Gasteiger partial charge is 0.352 e. The summed E-state index contributed by atoms with van der Waals surface area (Å²) in [4.78, 5) is 22.0. The number of hydrogen-bond donors (Lipinski definition) is 3. The Labute approximate surface area is 117 Å². The standard InChI is InChI=1S/C14H20FN3O2/c15-12-7-5-11(6-8-12)10-18-13(19)4-2-1-3-9-17-14(16)20/h5-8H,1-4,9-10H2,(H,18,19)(H3,16,17,20). The molecule has 1 aromatic carbocycles. The first-order chi connectivity index (χ1) is 9.58. The van der Waals surface area contributed by atoms with Crippen molar-refractivity contribution < 1.29 is 14.0 Å². The molecule has 0 aromatic heterocycles. The fourth-order valence-corrected chi connectivity index (χ4v) is 1.69. The van der Waals surface area contributed by atoms with Crippen LogP contribution >= 0.6 is 0 Å². The second kappa shape index (κ2) is 8.90. The molecular weight excluding hydrogens is 261 g/mol. The molecule has 0 bridgehead atoms. The van der Waals surface area contributed by atoms with Crippen LogP contribution in [0, 0.1) is 5.82 Å². The highest BCUT2D eigenvalue weighted by Crippen LogP contribution is 2.03. The number of halogens is 1. The number of primary amides is 1. The van der Waals surface area contributed by atoms with E-state index in [1.54, 1.807) is 12.1 Å². The van der Waals surface area contributed by atoms with Gasteiger partial charge >= 0.3 is 6.03 Å². The topological polar surface area (TPSA) is 84.2 Å². The van der Waals surface area contributed by atoms with E-state index in [1.165, 1.54) is 12.1 Å². The van der Waals surface area contributed by atoms with Crippen LogP contribution in [0.1, 0.15) is 31.2 Å². The van der Waals surface area contributed by atoms with Gasteiger partial charge in [-0.05, 0) is 30.5 Å². The number of hydrogen-bond acceptors (Lipinski definition) is 2. The molecule has 3 amide bonds. The van der Waals surface area contributed by atoms with E-state index in [0.29, 0.717) is 19.5 Å². The molecule has 0 saturated carbocycles. The Bertz CT molecular complexity index is 435. The van der Waals surface area contributed by atoms with Gasteiger partial charge in [0.05, 0.1) is 0 Å². The summed E-state index contributed by atoms with van der Waals surface area (Å²) in [6, 6.07) is 5.50. The van der Waals surface area contributed by atoms with Gasteiger partial charge in [0.25, 0.3) is 0 Å². The predicted molar refractivity (Wildman–Crippen MR) is 74.3 cm³/mol. The van der Waals surface area contributed by atoms with Crippen LogP contribution in [0.3, 0.4) is 0 Å². The Morgan fingerprint density at radius 1 is 1.05 bits per heavy atom. The van der Waals surface area contributed by atoms with Gasteiger partial charge in [-0.3, -0.25) is 4.79 Å². The van der Waals surface area contributed by atoms with Crippen molar-refractivity contribution in [3.8, 4) is 0 Å². The molecule has 0 aliphatic heterocycles. The minimum atomic E-state index is -0.526. The maximum Gasteiger partial charge on any atom is 0.312 e. The second-order valence-electron chi connectivity index (χ2n) is 4.50. The fraction of sp³-hybridized carbons (Fsp3) is 0.429. The maximum atomic E-state index is 12.7. The smallest absolute Gasteiger partial charge is 0.312 e. The first kappa shape index (κ1) is 15.9. The first-order valence-corrected chi connectivity index (χ1v) is 6.62. The van der Waals surface area contributed by atoms with Gasteiger partial charge in [-0.1, -0.05) is 18.6 Å². The lowest BCUT2D eigenvalue weighted by molar-refractivity contribution is -0.121. The number of nitrogens with one attached hydrogen (secondary N) is 2. The van der Waals surface area contributed by atoms with Crippen LogP contribution in [-0.4, -0.2) is 18.5 Å². The molecule has 110 valence electrons. The zero-order valence-corrected chi connectivity index (χ0v) is 11.3. The molecule has 1 aromatic rings. The predicted octanol–water partition coefficient (Wildman–Crippen LogP) is 1.67. The van der Waals surface area contributed by atoms with Crippen molar-refractivity contribution in [1.82, 2.24) is 10.6 Å². The minimum absolute atomic E-state index is 0.0304. The first-order valence-electron chi connectivity index (χ1n) is 6.62. The normalized spacial score (nSPS) is 10.1. The van der Waals surface area contributed by atoms with Gasteiger partial charge in [0.2, 0.25) is 5.91 Å². The summed E-state index contributed by atoms with van der Waals surface area (Å²) in [6.07, 6.45) is 2.85. The summed E-state index contributed by atoms with van der Waals surface area (Å²) in [5.74, 6) is -0.318. The van der Waals surface area contributed by atoms with Crippen molar-refractivity contribution in [3.63, 3.8) is 0 Å². The number of rotatable bonds is 8. The van der Waals surface area contributed by atoms with Crippen molar-refractivity contribution in [2.75, 3.05) is 6.54 Å². The average molecular weight is 281 g/mol. The van der Waals surface area contributed by atoms with Crippen molar-refractivity contribution in [1.29, 1.82) is 0 Å². The zero-order valence-electron chi connectivity index (χ0n) is 11.3. The molecule has 5 nitrogen and oxygen atoms in total. The molecule has 0 atom stereocenters. The zero-order chi connectivity index (χ0) is 14.8. The monoisotopic (exact) mass is 281 g/mol. The molecule has 6 heteroatoms. The van der Waals surface area contributed by atoms with Gasteiger partial charge in [0, 0.05) is 19.5 Å². The Hall–Kier alpha value is -2.11. The summed E-state index contributed by atoms with van der Waals surface area (Å²) >= 11 is 0. The number of carbonyl (C=O) groups excluding carboxylic acids is 2. The fourth-order valence-electron chi connectivity index (χ4n) is 1.69. The highest BCUT2D eigenvalue weighted by atomic mass is 19.1. The molecule has 1 rings (SSSR count). The highest BCUT2D eigenvalue weighted by Gasteiger charge is 2.01. The number of carbonyl (C=O) groups is 2. The number of benzene rings is 1. The molecule has 0 unspecified atom stereocenters. The number of unbranched alkanes of at least 4 members (excludes halogenated alkanes) is 2. The number of amides is 3. The van der Waals surface area contributed by atoms with Crippen LogP contribution in [-0.2, 0) is 11.3 Å². The van der Waals surface area contributed by atoms with E-state index in [0.717, 1.165) is 24.8 Å². The summed E-state index contributed by atoms with van der Waals surface area (Å²) in [7, 11) is 0. The van der Waals surface area contributed by atoms with Gasteiger partial charge < -0.3 is 16.4 Å². The van der Waals surface area contributed by atoms with Crippen LogP contribution in [0.5, 0.6) is 0 Å². The second-order valence-corrected chi connectivity index (χ2v) is 4.50. The Balaban J connectivity index is 2.06. The third-order valence-corrected chi connectivity index (χ3v) is 2.78. The lowest BCUT2D eigenvalue weighted by Crippen LogP contribution is -2.30.